The van der Waals surface area contributed by atoms with Gasteiger partial charge in [0, 0.05) is 22.2 Å². The van der Waals surface area contributed by atoms with E-state index in [2.05, 4.69) is 26.5 Å². The average Bonchev–Trinajstić information content (AvgIpc) is 3.21. The lowest BCUT2D eigenvalue weighted by molar-refractivity contribution is -0.384. The highest BCUT2D eigenvalue weighted by atomic mass is 79.9. The van der Waals surface area contributed by atoms with Crippen LogP contribution in [0.4, 0.5) is 5.69 Å². The van der Waals surface area contributed by atoms with E-state index >= 15 is 0 Å². The van der Waals surface area contributed by atoms with Crippen LogP contribution in [0.3, 0.4) is 0 Å². The summed E-state index contributed by atoms with van der Waals surface area (Å²) in [4.78, 5) is 22.1. The Balaban J connectivity index is 1.53. The van der Waals surface area contributed by atoms with Crippen molar-refractivity contribution in [1.82, 2.24) is 5.43 Å². The maximum Gasteiger partial charge on any atom is 0.277 e. The van der Waals surface area contributed by atoms with Gasteiger partial charge < -0.3 is 13.9 Å². The monoisotopic (exact) mass is 473 g/mol. The van der Waals surface area contributed by atoms with Gasteiger partial charge in [0.1, 0.15) is 11.5 Å². The average molecular weight is 474 g/mol. The Hall–Kier alpha value is -3.66. The number of rotatable bonds is 8. The maximum absolute atomic E-state index is 11.9. The van der Waals surface area contributed by atoms with Crippen molar-refractivity contribution in [2.75, 3.05) is 13.7 Å². The molecule has 1 heterocycles. The molecule has 1 aromatic heterocycles. The van der Waals surface area contributed by atoms with Gasteiger partial charge in [-0.2, -0.15) is 5.10 Å². The molecule has 10 heteroatoms. The van der Waals surface area contributed by atoms with E-state index < -0.39 is 10.8 Å². The Kier molecular flexibility index (Phi) is 6.81. The number of halogens is 1. The van der Waals surface area contributed by atoms with Crippen LogP contribution >= 0.6 is 15.9 Å². The van der Waals surface area contributed by atoms with E-state index in [4.69, 9.17) is 13.9 Å². The second-order valence-corrected chi connectivity index (χ2v) is 6.80. The number of ether oxygens (including phenoxy) is 2. The second-order valence-electron chi connectivity index (χ2n) is 5.88. The topological polar surface area (TPSA) is 116 Å². The summed E-state index contributed by atoms with van der Waals surface area (Å²) in [6.07, 6.45) is 1.34. The van der Waals surface area contributed by atoms with Crippen molar-refractivity contribution in [1.29, 1.82) is 0 Å². The maximum atomic E-state index is 11.9. The fraction of sp³-hybridized carbons (Fsp3) is 0.100. The molecule has 154 valence electrons. The molecule has 3 aromatic rings. The van der Waals surface area contributed by atoms with Crippen LogP contribution in [0.15, 0.2) is 68.6 Å². The quantitative estimate of drug-likeness (QED) is 0.298. The molecule has 1 amide bonds. The SMILES string of the molecule is COc1cc(Br)ccc1OCC(=O)N/N=C\c1ccc(-c2ccc([N+](=O)[O-])cc2)o1. The van der Waals surface area contributed by atoms with Crippen LogP contribution in [0.5, 0.6) is 11.5 Å². The zero-order valence-corrected chi connectivity index (χ0v) is 17.3. The summed E-state index contributed by atoms with van der Waals surface area (Å²) >= 11 is 3.33. The molecule has 0 aliphatic heterocycles. The molecule has 0 spiro atoms. The van der Waals surface area contributed by atoms with Gasteiger partial charge in [-0.15, -0.1) is 0 Å². The van der Waals surface area contributed by atoms with Gasteiger partial charge in [-0.1, -0.05) is 15.9 Å². The zero-order chi connectivity index (χ0) is 21.5. The van der Waals surface area contributed by atoms with Crippen molar-refractivity contribution in [3.05, 3.63) is 74.9 Å². The van der Waals surface area contributed by atoms with Gasteiger partial charge >= 0.3 is 0 Å². The molecule has 3 rings (SSSR count). The third-order valence-corrected chi connectivity index (χ3v) is 4.35. The number of nitro groups is 1. The first kappa shape index (κ1) is 21.1. The lowest BCUT2D eigenvalue weighted by Gasteiger charge is -2.09. The van der Waals surface area contributed by atoms with Gasteiger partial charge in [-0.25, -0.2) is 5.43 Å². The number of nitrogens with one attached hydrogen (secondary N) is 1. The Morgan fingerprint density at radius 3 is 2.67 bits per heavy atom. The summed E-state index contributed by atoms with van der Waals surface area (Å²) < 4.78 is 17.1. The minimum Gasteiger partial charge on any atom is -0.493 e. The standard InChI is InChI=1S/C20H16BrN3O6/c1-28-19-10-14(21)4-8-18(19)29-12-20(25)23-22-11-16-7-9-17(30-16)13-2-5-15(6-3-13)24(26)27/h2-11H,12H2,1H3,(H,23,25)/b22-11-. The normalized spacial score (nSPS) is 10.7. The van der Waals surface area contributed by atoms with E-state index in [0.29, 0.717) is 28.6 Å². The number of furan rings is 1. The van der Waals surface area contributed by atoms with Gasteiger partial charge in [0.2, 0.25) is 0 Å². The number of nitro benzene ring substituents is 1. The first-order valence-electron chi connectivity index (χ1n) is 8.59. The lowest BCUT2D eigenvalue weighted by atomic mass is 10.1. The molecular formula is C20H16BrN3O6. The van der Waals surface area contributed by atoms with Crippen LogP contribution in [-0.4, -0.2) is 30.8 Å². The number of amides is 1. The molecule has 0 saturated heterocycles. The molecule has 1 N–H and O–H groups in total. The number of hydrogen-bond donors (Lipinski definition) is 1. The molecular weight excluding hydrogens is 458 g/mol. The molecule has 0 atom stereocenters. The fourth-order valence-corrected chi connectivity index (χ4v) is 2.77. The molecule has 0 bridgehead atoms. The van der Waals surface area contributed by atoms with Crippen LogP contribution in [0.25, 0.3) is 11.3 Å². The highest BCUT2D eigenvalue weighted by Gasteiger charge is 2.09. The third-order valence-electron chi connectivity index (χ3n) is 3.85. The van der Waals surface area contributed by atoms with Crippen molar-refractivity contribution in [2.45, 2.75) is 0 Å². The second kappa shape index (κ2) is 9.70. The molecule has 0 fully saturated rings. The fourth-order valence-electron chi connectivity index (χ4n) is 2.43. The van der Waals surface area contributed by atoms with E-state index in [9.17, 15) is 14.9 Å². The Bertz CT molecular complexity index is 1080. The Morgan fingerprint density at radius 2 is 1.97 bits per heavy atom. The highest BCUT2D eigenvalue weighted by Crippen LogP contribution is 2.30. The number of carbonyl (C=O) groups is 1. The zero-order valence-electron chi connectivity index (χ0n) is 15.7. The van der Waals surface area contributed by atoms with Gasteiger partial charge in [0.05, 0.1) is 18.2 Å². The van der Waals surface area contributed by atoms with Crippen LogP contribution in [0.2, 0.25) is 0 Å². The van der Waals surface area contributed by atoms with Crippen molar-refractivity contribution >= 4 is 33.7 Å². The number of hydrazone groups is 1. The minimum atomic E-state index is -0.469. The lowest BCUT2D eigenvalue weighted by Crippen LogP contribution is -2.24. The van der Waals surface area contributed by atoms with E-state index in [1.165, 1.54) is 25.5 Å². The summed E-state index contributed by atoms with van der Waals surface area (Å²) in [6, 6.07) is 14.5. The van der Waals surface area contributed by atoms with Crippen molar-refractivity contribution in [2.24, 2.45) is 5.10 Å². The smallest absolute Gasteiger partial charge is 0.277 e. The van der Waals surface area contributed by atoms with Gasteiger partial charge in [-0.05, 0) is 42.5 Å². The number of nitrogens with zero attached hydrogens (tertiary/aromatic N) is 2. The molecule has 2 aromatic carbocycles. The summed E-state index contributed by atoms with van der Waals surface area (Å²) in [5, 5.41) is 14.5. The molecule has 0 radical (unpaired) electrons. The predicted octanol–water partition coefficient (Wildman–Crippen LogP) is 4.16. The largest absolute Gasteiger partial charge is 0.493 e. The van der Waals surface area contributed by atoms with Crippen LogP contribution in [-0.2, 0) is 4.79 Å². The van der Waals surface area contributed by atoms with Gasteiger partial charge in [-0.3, -0.25) is 14.9 Å². The summed E-state index contributed by atoms with van der Waals surface area (Å²) in [5.41, 5.74) is 3.02. The number of benzene rings is 2. The van der Waals surface area contributed by atoms with Crippen molar-refractivity contribution in [3.8, 4) is 22.8 Å². The van der Waals surface area contributed by atoms with Gasteiger partial charge in [0.15, 0.2) is 18.1 Å². The Morgan fingerprint density at radius 1 is 1.20 bits per heavy atom. The summed E-state index contributed by atoms with van der Waals surface area (Å²) in [7, 11) is 1.51. The molecule has 30 heavy (non-hydrogen) atoms. The molecule has 0 aliphatic carbocycles. The number of non-ortho nitro benzene ring substituents is 1. The molecule has 9 nitrogen and oxygen atoms in total. The molecule has 0 saturated carbocycles. The highest BCUT2D eigenvalue weighted by molar-refractivity contribution is 9.10. The number of methoxy groups -OCH3 is 1. The Labute approximate surface area is 179 Å². The van der Waals surface area contributed by atoms with Gasteiger partial charge in [0.25, 0.3) is 11.6 Å². The third kappa shape index (κ3) is 5.45. The number of carbonyl (C=O) groups excluding carboxylic acids is 1. The summed E-state index contributed by atoms with van der Waals surface area (Å²) in [6.45, 7) is -0.248. The minimum absolute atomic E-state index is 0.00205. The summed E-state index contributed by atoms with van der Waals surface area (Å²) in [5.74, 6) is 1.38. The first-order valence-corrected chi connectivity index (χ1v) is 9.38. The van der Waals surface area contributed by atoms with Crippen LogP contribution in [0, 0.1) is 10.1 Å². The molecule has 0 unspecified atom stereocenters. The van der Waals surface area contributed by atoms with E-state index in [0.717, 1.165) is 4.47 Å². The van der Waals surface area contributed by atoms with Crippen molar-refractivity contribution in [3.63, 3.8) is 0 Å². The van der Waals surface area contributed by atoms with Crippen molar-refractivity contribution < 1.29 is 23.6 Å². The van der Waals surface area contributed by atoms with Crippen LogP contribution < -0.4 is 14.9 Å². The van der Waals surface area contributed by atoms with E-state index in [1.807, 2.05) is 0 Å². The first-order chi connectivity index (χ1) is 14.5. The molecule has 0 aliphatic rings. The van der Waals surface area contributed by atoms with E-state index in [1.54, 1.807) is 42.5 Å². The van der Waals surface area contributed by atoms with E-state index in [-0.39, 0.29) is 12.3 Å². The van der Waals surface area contributed by atoms with Crippen LogP contribution in [0.1, 0.15) is 5.76 Å². The number of hydrogen-bond acceptors (Lipinski definition) is 7. The predicted molar refractivity (Wildman–Crippen MR) is 113 cm³/mol.